The van der Waals surface area contributed by atoms with Crippen LogP contribution in [-0.4, -0.2) is 41.5 Å². The van der Waals surface area contributed by atoms with Crippen LogP contribution in [0.4, 0.5) is 0 Å². The first kappa shape index (κ1) is 15.5. The van der Waals surface area contributed by atoms with Gasteiger partial charge in [-0.1, -0.05) is 13.8 Å². The van der Waals surface area contributed by atoms with Crippen LogP contribution in [0.5, 0.6) is 0 Å². The Labute approximate surface area is 131 Å². The lowest BCUT2D eigenvalue weighted by atomic mass is 9.55. The molecule has 22 heavy (non-hydrogen) atoms. The highest BCUT2D eigenvalue weighted by Gasteiger charge is 2.58. The Kier molecular flexibility index (Phi) is 3.99. The van der Waals surface area contributed by atoms with Crippen LogP contribution in [0.1, 0.15) is 38.3 Å². The van der Waals surface area contributed by atoms with E-state index < -0.39 is 0 Å². The molecular weight excluding hydrogens is 280 g/mol. The average Bonchev–Trinajstić information content (AvgIpc) is 2.92. The first-order valence-electron chi connectivity index (χ1n) is 8.03. The summed E-state index contributed by atoms with van der Waals surface area (Å²) in [5.74, 6) is 0.455. The van der Waals surface area contributed by atoms with Gasteiger partial charge in [-0.3, -0.25) is 9.48 Å². The SMILES string of the molecule is CNC(C(=O)NC1C2CCCOC2C1(C)C)c1cnn(C)c1. The van der Waals surface area contributed by atoms with Crippen LogP contribution in [0.2, 0.25) is 0 Å². The number of nitrogens with zero attached hydrogens (tertiary/aromatic N) is 2. The number of ether oxygens (including phenoxy) is 1. The molecule has 1 aromatic rings. The van der Waals surface area contributed by atoms with Crippen molar-refractivity contribution in [1.82, 2.24) is 20.4 Å². The van der Waals surface area contributed by atoms with Crippen LogP contribution in [0.25, 0.3) is 0 Å². The monoisotopic (exact) mass is 306 g/mol. The van der Waals surface area contributed by atoms with Gasteiger partial charge in [0.15, 0.2) is 0 Å². The van der Waals surface area contributed by atoms with Gasteiger partial charge in [-0.25, -0.2) is 0 Å². The van der Waals surface area contributed by atoms with Crippen molar-refractivity contribution in [2.24, 2.45) is 18.4 Å². The first-order chi connectivity index (χ1) is 10.4. The smallest absolute Gasteiger partial charge is 0.242 e. The molecule has 1 amide bonds. The van der Waals surface area contributed by atoms with Gasteiger partial charge in [0, 0.05) is 42.8 Å². The molecule has 2 aliphatic rings. The van der Waals surface area contributed by atoms with Gasteiger partial charge in [-0.2, -0.15) is 5.10 Å². The topological polar surface area (TPSA) is 68.2 Å². The lowest BCUT2D eigenvalue weighted by Crippen LogP contribution is -2.70. The molecule has 0 bridgehead atoms. The zero-order valence-electron chi connectivity index (χ0n) is 13.8. The van der Waals surface area contributed by atoms with Crippen LogP contribution < -0.4 is 10.6 Å². The fourth-order valence-corrected chi connectivity index (χ4v) is 4.09. The lowest BCUT2D eigenvalue weighted by Gasteiger charge is -2.60. The van der Waals surface area contributed by atoms with Crippen molar-refractivity contribution in [1.29, 1.82) is 0 Å². The number of fused-ring (bicyclic) bond motifs is 1. The van der Waals surface area contributed by atoms with Gasteiger partial charge < -0.3 is 15.4 Å². The third kappa shape index (κ3) is 2.44. The summed E-state index contributed by atoms with van der Waals surface area (Å²) in [6.45, 7) is 5.21. The molecule has 6 heteroatoms. The number of aryl methyl sites for hydroxylation is 1. The second-order valence-corrected chi connectivity index (χ2v) is 7.07. The molecule has 1 saturated carbocycles. The zero-order valence-corrected chi connectivity index (χ0v) is 13.8. The van der Waals surface area contributed by atoms with Crippen LogP contribution in [0.15, 0.2) is 12.4 Å². The minimum Gasteiger partial charge on any atom is -0.377 e. The highest BCUT2D eigenvalue weighted by Crippen LogP contribution is 2.51. The second-order valence-electron chi connectivity index (χ2n) is 7.07. The molecule has 1 saturated heterocycles. The third-order valence-electron chi connectivity index (χ3n) is 5.24. The van der Waals surface area contributed by atoms with Crippen molar-refractivity contribution in [2.75, 3.05) is 13.7 Å². The molecule has 1 aliphatic heterocycles. The number of hydrogen-bond acceptors (Lipinski definition) is 4. The number of hydrogen-bond donors (Lipinski definition) is 2. The Hall–Kier alpha value is -1.40. The van der Waals surface area contributed by atoms with Crippen LogP contribution in [0.3, 0.4) is 0 Å². The molecule has 0 radical (unpaired) electrons. The van der Waals surface area contributed by atoms with E-state index in [2.05, 4.69) is 29.6 Å². The Morgan fingerprint density at radius 1 is 1.55 bits per heavy atom. The minimum atomic E-state index is -0.368. The fraction of sp³-hybridized carbons (Fsp3) is 0.750. The summed E-state index contributed by atoms with van der Waals surface area (Å²) in [5, 5.41) is 10.5. The molecule has 3 rings (SSSR count). The quantitative estimate of drug-likeness (QED) is 0.871. The van der Waals surface area contributed by atoms with E-state index in [-0.39, 0.29) is 29.5 Å². The lowest BCUT2D eigenvalue weighted by molar-refractivity contribution is -0.194. The Balaban J connectivity index is 1.70. The highest BCUT2D eigenvalue weighted by atomic mass is 16.5. The summed E-state index contributed by atoms with van der Waals surface area (Å²) in [6, 6.07) is -0.189. The molecule has 0 aromatic carbocycles. The molecule has 1 aliphatic carbocycles. The number of rotatable bonds is 4. The van der Waals surface area contributed by atoms with Crippen molar-refractivity contribution in [3.63, 3.8) is 0 Å². The maximum absolute atomic E-state index is 12.7. The van der Waals surface area contributed by atoms with E-state index in [4.69, 9.17) is 4.74 Å². The highest BCUT2D eigenvalue weighted by molar-refractivity contribution is 5.83. The largest absolute Gasteiger partial charge is 0.377 e. The van der Waals surface area contributed by atoms with Crippen molar-refractivity contribution in [3.05, 3.63) is 18.0 Å². The number of likely N-dealkylation sites (N-methyl/N-ethyl adjacent to an activating group) is 1. The van der Waals surface area contributed by atoms with E-state index in [1.165, 1.54) is 0 Å². The normalized spacial score (nSPS) is 31.0. The molecule has 2 fully saturated rings. The number of amides is 1. The molecule has 122 valence electrons. The summed E-state index contributed by atoms with van der Waals surface area (Å²) in [4.78, 5) is 12.7. The molecule has 6 nitrogen and oxygen atoms in total. The van der Waals surface area contributed by atoms with Gasteiger partial charge in [0.25, 0.3) is 0 Å². The summed E-state index contributed by atoms with van der Waals surface area (Å²) in [5.41, 5.74) is 0.879. The summed E-state index contributed by atoms with van der Waals surface area (Å²) in [7, 11) is 3.66. The number of carbonyl (C=O) groups is 1. The first-order valence-corrected chi connectivity index (χ1v) is 8.03. The van der Waals surface area contributed by atoms with E-state index in [1.54, 1.807) is 17.9 Å². The number of carbonyl (C=O) groups excluding carboxylic acids is 1. The van der Waals surface area contributed by atoms with Gasteiger partial charge >= 0.3 is 0 Å². The Morgan fingerprint density at radius 2 is 2.32 bits per heavy atom. The summed E-state index contributed by atoms with van der Waals surface area (Å²) in [6.07, 6.45) is 6.11. The molecule has 0 spiro atoms. The summed E-state index contributed by atoms with van der Waals surface area (Å²) >= 11 is 0. The predicted octanol–water partition coefficient (Wildman–Crippen LogP) is 1.00. The van der Waals surface area contributed by atoms with Gasteiger partial charge in [0.05, 0.1) is 12.3 Å². The van der Waals surface area contributed by atoms with E-state index in [9.17, 15) is 4.79 Å². The third-order valence-corrected chi connectivity index (χ3v) is 5.24. The van der Waals surface area contributed by atoms with E-state index in [0.717, 1.165) is 25.0 Å². The standard InChI is InChI=1S/C16H26N4O2/c1-16(2)13(11-6-5-7-22-14(11)16)19-15(21)12(17-3)10-8-18-20(4)9-10/h8-9,11-14,17H,5-7H2,1-4H3,(H,19,21). The van der Waals surface area contributed by atoms with Crippen molar-refractivity contribution in [2.45, 2.75) is 44.9 Å². The van der Waals surface area contributed by atoms with Crippen molar-refractivity contribution >= 4 is 5.91 Å². The molecule has 2 N–H and O–H groups in total. The second kappa shape index (κ2) is 5.66. The predicted molar refractivity (Wildman–Crippen MR) is 83.2 cm³/mol. The Morgan fingerprint density at radius 3 is 2.95 bits per heavy atom. The number of nitrogens with one attached hydrogen (secondary N) is 2. The van der Waals surface area contributed by atoms with Crippen molar-refractivity contribution < 1.29 is 9.53 Å². The van der Waals surface area contributed by atoms with Crippen LogP contribution in [-0.2, 0) is 16.6 Å². The Bertz CT molecular complexity index is 554. The zero-order chi connectivity index (χ0) is 15.9. The molecular formula is C16H26N4O2. The summed E-state index contributed by atoms with van der Waals surface area (Å²) < 4.78 is 7.61. The average molecular weight is 306 g/mol. The molecule has 2 heterocycles. The minimum absolute atomic E-state index is 0.00598. The maximum atomic E-state index is 12.7. The fourth-order valence-electron chi connectivity index (χ4n) is 4.09. The van der Waals surface area contributed by atoms with Crippen LogP contribution in [0, 0.1) is 11.3 Å². The van der Waals surface area contributed by atoms with Gasteiger partial charge in [-0.15, -0.1) is 0 Å². The van der Waals surface area contributed by atoms with Crippen molar-refractivity contribution in [3.8, 4) is 0 Å². The van der Waals surface area contributed by atoms with E-state index >= 15 is 0 Å². The van der Waals surface area contributed by atoms with Crippen LogP contribution >= 0.6 is 0 Å². The van der Waals surface area contributed by atoms with E-state index in [0.29, 0.717) is 5.92 Å². The van der Waals surface area contributed by atoms with E-state index in [1.807, 2.05) is 13.2 Å². The number of aromatic nitrogens is 2. The molecule has 4 atom stereocenters. The molecule has 1 aromatic heterocycles. The van der Waals surface area contributed by atoms with Gasteiger partial charge in [-0.05, 0) is 19.9 Å². The molecule has 4 unspecified atom stereocenters. The van der Waals surface area contributed by atoms with Gasteiger partial charge in [0.2, 0.25) is 5.91 Å². The van der Waals surface area contributed by atoms with Gasteiger partial charge in [0.1, 0.15) is 6.04 Å². The maximum Gasteiger partial charge on any atom is 0.242 e.